The molecule has 112 valence electrons. The summed E-state index contributed by atoms with van der Waals surface area (Å²) in [6.45, 7) is 4.82. The van der Waals surface area contributed by atoms with Gasteiger partial charge in [0.1, 0.15) is 0 Å². The molecule has 0 amide bonds. The molecule has 0 heterocycles. The van der Waals surface area contributed by atoms with Crippen molar-refractivity contribution < 1.29 is 9.47 Å². The van der Waals surface area contributed by atoms with Crippen LogP contribution in [-0.2, 0) is 29.2 Å². The van der Waals surface area contributed by atoms with Crippen LogP contribution in [0.4, 0.5) is 5.69 Å². The van der Waals surface area contributed by atoms with Crippen molar-refractivity contribution >= 4 is 5.69 Å². The summed E-state index contributed by atoms with van der Waals surface area (Å²) in [5.74, 6) is 0. The maximum absolute atomic E-state index is 5.51. The van der Waals surface area contributed by atoms with Crippen molar-refractivity contribution in [2.45, 2.75) is 26.7 Å². The number of anilines is 1. The molecular formula is C18H23NO2. The first-order valence-corrected chi connectivity index (χ1v) is 7.29. The van der Waals surface area contributed by atoms with Gasteiger partial charge in [0.2, 0.25) is 0 Å². The SMILES string of the molecule is CCOCc1ccccc1NCc1cccc(COC)c1. The van der Waals surface area contributed by atoms with E-state index in [1.54, 1.807) is 7.11 Å². The van der Waals surface area contributed by atoms with E-state index in [4.69, 9.17) is 9.47 Å². The second kappa shape index (κ2) is 8.45. The molecule has 0 bridgehead atoms. The Morgan fingerprint density at radius 2 is 1.76 bits per heavy atom. The molecule has 2 rings (SSSR count). The van der Waals surface area contributed by atoms with E-state index in [0.717, 1.165) is 18.8 Å². The largest absolute Gasteiger partial charge is 0.381 e. The Labute approximate surface area is 126 Å². The van der Waals surface area contributed by atoms with Gasteiger partial charge in [0.25, 0.3) is 0 Å². The molecule has 3 heteroatoms. The molecule has 0 aromatic heterocycles. The third kappa shape index (κ3) is 4.88. The Morgan fingerprint density at radius 3 is 2.57 bits per heavy atom. The number of hydrogen-bond donors (Lipinski definition) is 1. The van der Waals surface area contributed by atoms with Crippen LogP contribution in [0.1, 0.15) is 23.6 Å². The van der Waals surface area contributed by atoms with E-state index in [-0.39, 0.29) is 0 Å². The van der Waals surface area contributed by atoms with Crippen LogP contribution in [0, 0.1) is 0 Å². The Hall–Kier alpha value is -1.84. The molecule has 0 aliphatic heterocycles. The highest BCUT2D eigenvalue weighted by molar-refractivity contribution is 5.51. The number of nitrogens with one attached hydrogen (secondary N) is 1. The average Bonchev–Trinajstić information content (AvgIpc) is 2.52. The van der Waals surface area contributed by atoms with Crippen LogP contribution < -0.4 is 5.32 Å². The van der Waals surface area contributed by atoms with E-state index in [9.17, 15) is 0 Å². The van der Waals surface area contributed by atoms with Gasteiger partial charge in [0.05, 0.1) is 13.2 Å². The van der Waals surface area contributed by atoms with Crippen LogP contribution >= 0.6 is 0 Å². The average molecular weight is 285 g/mol. The van der Waals surface area contributed by atoms with Crippen molar-refractivity contribution in [2.75, 3.05) is 19.0 Å². The number of methoxy groups -OCH3 is 1. The molecule has 0 aliphatic carbocycles. The first-order valence-electron chi connectivity index (χ1n) is 7.29. The van der Waals surface area contributed by atoms with Crippen LogP contribution in [0.3, 0.4) is 0 Å². The van der Waals surface area contributed by atoms with Gasteiger partial charge in [0.15, 0.2) is 0 Å². The second-order valence-corrected chi connectivity index (χ2v) is 4.90. The van der Waals surface area contributed by atoms with Crippen molar-refractivity contribution in [2.24, 2.45) is 0 Å². The molecule has 0 aliphatic rings. The maximum Gasteiger partial charge on any atom is 0.0736 e. The first kappa shape index (κ1) is 15.5. The number of rotatable bonds is 8. The minimum Gasteiger partial charge on any atom is -0.381 e. The van der Waals surface area contributed by atoms with Gasteiger partial charge in [-0.05, 0) is 24.1 Å². The fourth-order valence-electron chi connectivity index (χ4n) is 2.22. The van der Waals surface area contributed by atoms with E-state index >= 15 is 0 Å². The van der Waals surface area contributed by atoms with Gasteiger partial charge in [-0.25, -0.2) is 0 Å². The second-order valence-electron chi connectivity index (χ2n) is 4.90. The quantitative estimate of drug-likeness (QED) is 0.795. The smallest absolute Gasteiger partial charge is 0.0736 e. The standard InChI is InChI=1S/C18H23NO2/c1-3-21-14-17-9-4-5-10-18(17)19-12-15-7-6-8-16(11-15)13-20-2/h4-11,19H,3,12-14H2,1-2H3. The molecule has 21 heavy (non-hydrogen) atoms. The summed E-state index contributed by atoms with van der Waals surface area (Å²) in [6, 6.07) is 16.7. The summed E-state index contributed by atoms with van der Waals surface area (Å²) in [4.78, 5) is 0. The fourth-order valence-corrected chi connectivity index (χ4v) is 2.22. The summed E-state index contributed by atoms with van der Waals surface area (Å²) < 4.78 is 10.7. The van der Waals surface area contributed by atoms with Gasteiger partial charge in [-0.3, -0.25) is 0 Å². The van der Waals surface area contributed by atoms with Gasteiger partial charge in [-0.2, -0.15) is 0 Å². The Bertz CT molecular complexity index is 554. The Balaban J connectivity index is 2.00. The summed E-state index contributed by atoms with van der Waals surface area (Å²) in [5, 5.41) is 3.49. The van der Waals surface area contributed by atoms with Gasteiger partial charge >= 0.3 is 0 Å². The lowest BCUT2D eigenvalue weighted by Gasteiger charge is -2.12. The van der Waals surface area contributed by atoms with Crippen molar-refractivity contribution in [3.8, 4) is 0 Å². The minimum atomic E-state index is 0.642. The zero-order valence-corrected chi connectivity index (χ0v) is 12.8. The molecule has 0 radical (unpaired) electrons. The fraction of sp³-hybridized carbons (Fsp3) is 0.333. The summed E-state index contributed by atoms with van der Waals surface area (Å²) in [5.41, 5.74) is 4.76. The summed E-state index contributed by atoms with van der Waals surface area (Å²) in [6.07, 6.45) is 0. The molecule has 3 nitrogen and oxygen atoms in total. The Kier molecular flexibility index (Phi) is 6.25. The summed E-state index contributed by atoms with van der Waals surface area (Å²) in [7, 11) is 1.72. The van der Waals surface area contributed by atoms with Crippen LogP contribution in [0.5, 0.6) is 0 Å². The zero-order chi connectivity index (χ0) is 14.9. The molecule has 0 atom stereocenters. The highest BCUT2D eigenvalue weighted by Gasteiger charge is 2.02. The number of ether oxygens (including phenoxy) is 2. The molecule has 0 fully saturated rings. The summed E-state index contributed by atoms with van der Waals surface area (Å²) >= 11 is 0. The molecule has 2 aromatic rings. The predicted molar refractivity (Wildman–Crippen MR) is 86.3 cm³/mol. The van der Waals surface area contributed by atoms with E-state index in [0.29, 0.717) is 13.2 Å². The van der Waals surface area contributed by atoms with Crippen LogP contribution in [0.15, 0.2) is 48.5 Å². The van der Waals surface area contributed by atoms with Crippen molar-refractivity contribution in [1.82, 2.24) is 0 Å². The molecule has 0 saturated carbocycles. The van der Waals surface area contributed by atoms with Crippen molar-refractivity contribution in [3.63, 3.8) is 0 Å². The third-order valence-corrected chi connectivity index (χ3v) is 3.26. The number of para-hydroxylation sites is 1. The van der Waals surface area contributed by atoms with E-state index in [2.05, 4.69) is 41.7 Å². The molecule has 2 aromatic carbocycles. The third-order valence-electron chi connectivity index (χ3n) is 3.26. The lowest BCUT2D eigenvalue weighted by molar-refractivity contribution is 0.134. The first-order chi connectivity index (χ1) is 10.3. The lowest BCUT2D eigenvalue weighted by Crippen LogP contribution is -2.04. The molecule has 0 saturated heterocycles. The maximum atomic E-state index is 5.51. The number of hydrogen-bond acceptors (Lipinski definition) is 3. The normalized spacial score (nSPS) is 10.6. The van der Waals surface area contributed by atoms with Gasteiger partial charge in [0, 0.05) is 31.5 Å². The van der Waals surface area contributed by atoms with Gasteiger partial charge < -0.3 is 14.8 Å². The minimum absolute atomic E-state index is 0.642. The molecule has 1 N–H and O–H groups in total. The molecule has 0 unspecified atom stereocenters. The van der Waals surface area contributed by atoms with Crippen LogP contribution in [0.25, 0.3) is 0 Å². The van der Waals surface area contributed by atoms with Crippen molar-refractivity contribution in [1.29, 1.82) is 0 Å². The van der Waals surface area contributed by atoms with Gasteiger partial charge in [-0.15, -0.1) is 0 Å². The van der Waals surface area contributed by atoms with Crippen LogP contribution in [0.2, 0.25) is 0 Å². The predicted octanol–water partition coefficient (Wildman–Crippen LogP) is 3.98. The van der Waals surface area contributed by atoms with E-state index < -0.39 is 0 Å². The highest BCUT2D eigenvalue weighted by Crippen LogP contribution is 2.17. The zero-order valence-electron chi connectivity index (χ0n) is 12.8. The molecular weight excluding hydrogens is 262 g/mol. The highest BCUT2D eigenvalue weighted by atomic mass is 16.5. The topological polar surface area (TPSA) is 30.5 Å². The Morgan fingerprint density at radius 1 is 0.952 bits per heavy atom. The molecule has 0 spiro atoms. The lowest BCUT2D eigenvalue weighted by atomic mass is 10.1. The van der Waals surface area contributed by atoms with E-state index in [1.807, 2.05) is 19.1 Å². The van der Waals surface area contributed by atoms with E-state index in [1.165, 1.54) is 16.7 Å². The monoisotopic (exact) mass is 285 g/mol. The van der Waals surface area contributed by atoms with Crippen LogP contribution in [-0.4, -0.2) is 13.7 Å². The number of benzene rings is 2. The van der Waals surface area contributed by atoms with Crippen molar-refractivity contribution in [3.05, 3.63) is 65.2 Å². The van der Waals surface area contributed by atoms with Gasteiger partial charge in [-0.1, -0.05) is 42.5 Å².